The van der Waals surface area contributed by atoms with E-state index >= 15 is 0 Å². The van der Waals surface area contributed by atoms with E-state index in [1.54, 1.807) is 6.08 Å². The van der Waals surface area contributed by atoms with Crippen molar-refractivity contribution in [3.8, 4) is 39.8 Å². The van der Waals surface area contributed by atoms with Gasteiger partial charge in [0.25, 0.3) is 0 Å². The van der Waals surface area contributed by atoms with Gasteiger partial charge in [-0.2, -0.15) is 0 Å². The molecule has 7 nitrogen and oxygen atoms in total. The second-order valence-electron chi connectivity index (χ2n) is 13.1. The summed E-state index contributed by atoms with van der Waals surface area (Å²) in [6.07, 6.45) is 7.56. The molecule has 0 amide bonds. The standard InChI is InChI=1S/C47H32N4O3/c1-2-3-6-17-35-30-50(33-13-7-4-8-14-33)38-24-20-31(28-44(38)52-35)36-22-26-42-46(48-36)47-43(54-42)27-23-37(49-47)32-21-25-40-45(29-32)53-41-19-12-11-18-39(41)51(40)34-15-9-5-10-16-34/h2-29H,1,30H2/b6-3-,35-17+. The van der Waals surface area contributed by atoms with E-state index in [-0.39, 0.29) is 0 Å². The Bertz CT molecular complexity index is 2790. The first-order valence-corrected chi connectivity index (χ1v) is 17.8. The summed E-state index contributed by atoms with van der Waals surface area (Å²) in [6.45, 7) is 4.39. The number of hydrogen-bond acceptors (Lipinski definition) is 7. The van der Waals surface area contributed by atoms with Crippen molar-refractivity contribution in [3.63, 3.8) is 0 Å². The lowest BCUT2D eigenvalue weighted by atomic mass is 10.1. The second kappa shape index (κ2) is 13.0. The molecule has 8 aromatic rings. The molecule has 0 saturated carbocycles. The molecule has 7 heteroatoms. The van der Waals surface area contributed by atoms with Crippen molar-refractivity contribution in [2.75, 3.05) is 16.3 Å². The molecule has 0 N–H and O–H groups in total. The minimum atomic E-state index is 0.603. The molecule has 0 aliphatic carbocycles. The predicted octanol–water partition coefficient (Wildman–Crippen LogP) is 12.4. The third-order valence-electron chi connectivity index (χ3n) is 9.70. The Morgan fingerprint density at radius 2 is 1.13 bits per heavy atom. The van der Waals surface area contributed by atoms with E-state index in [1.807, 2.05) is 97.1 Å². The van der Waals surface area contributed by atoms with Gasteiger partial charge in [-0.3, -0.25) is 0 Å². The molecule has 0 unspecified atom stereocenters. The van der Waals surface area contributed by atoms with Crippen LogP contribution in [0.5, 0.6) is 17.2 Å². The van der Waals surface area contributed by atoms with Crippen molar-refractivity contribution >= 4 is 50.6 Å². The van der Waals surface area contributed by atoms with Crippen molar-refractivity contribution in [1.29, 1.82) is 0 Å². The maximum absolute atomic E-state index is 6.48. The van der Waals surface area contributed by atoms with Crippen molar-refractivity contribution in [3.05, 3.63) is 182 Å². The molecule has 2 aliphatic rings. The minimum Gasteiger partial charge on any atom is -0.458 e. The van der Waals surface area contributed by atoms with Gasteiger partial charge < -0.3 is 23.7 Å². The zero-order chi connectivity index (χ0) is 36.0. The number of nitrogens with zero attached hydrogens (tertiary/aromatic N) is 4. The smallest absolute Gasteiger partial charge is 0.155 e. The zero-order valence-corrected chi connectivity index (χ0v) is 29.1. The summed E-state index contributed by atoms with van der Waals surface area (Å²) in [5, 5.41) is 0. The highest BCUT2D eigenvalue weighted by Gasteiger charge is 2.27. The van der Waals surface area contributed by atoms with Gasteiger partial charge in [-0.1, -0.05) is 85.5 Å². The van der Waals surface area contributed by atoms with E-state index in [2.05, 4.69) is 83.1 Å². The number of anilines is 5. The van der Waals surface area contributed by atoms with Crippen LogP contribution in [0.1, 0.15) is 0 Å². The molecule has 3 aromatic heterocycles. The van der Waals surface area contributed by atoms with Crippen LogP contribution in [-0.4, -0.2) is 16.5 Å². The van der Waals surface area contributed by atoms with E-state index in [1.165, 1.54) is 0 Å². The SMILES string of the molecule is C=C/C=C\C=C1/CN(c2ccccc2)c2ccc(-c3ccc4oc5ccc(-c6ccc7c(c6)Oc6ccccc6N7c6ccccc6)nc5c4n3)cc2O1. The molecule has 0 radical (unpaired) electrons. The Hall–Kier alpha value is -7.38. The van der Waals surface area contributed by atoms with Gasteiger partial charge in [0.15, 0.2) is 28.4 Å². The number of benzene rings is 5. The number of furan rings is 1. The minimum absolute atomic E-state index is 0.603. The maximum atomic E-state index is 6.48. The van der Waals surface area contributed by atoms with E-state index in [0.29, 0.717) is 28.7 Å². The van der Waals surface area contributed by atoms with Crippen LogP contribution in [0.25, 0.3) is 44.7 Å². The first kappa shape index (κ1) is 31.4. The molecule has 54 heavy (non-hydrogen) atoms. The van der Waals surface area contributed by atoms with E-state index < -0.39 is 0 Å². The van der Waals surface area contributed by atoms with E-state index in [4.69, 9.17) is 23.9 Å². The average molecular weight is 701 g/mol. The van der Waals surface area contributed by atoms with Crippen LogP contribution in [0.4, 0.5) is 28.4 Å². The van der Waals surface area contributed by atoms with Crippen LogP contribution in [0.15, 0.2) is 187 Å². The number of aromatic nitrogens is 2. The van der Waals surface area contributed by atoms with Crippen LogP contribution in [0.3, 0.4) is 0 Å². The lowest BCUT2D eigenvalue weighted by molar-refractivity contribution is 0.403. The zero-order valence-electron chi connectivity index (χ0n) is 29.1. The summed E-state index contributed by atoms with van der Waals surface area (Å²) in [6, 6.07) is 49.1. The average Bonchev–Trinajstić information content (AvgIpc) is 3.60. The Morgan fingerprint density at radius 3 is 1.81 bits per heavy atom. The van der Waals surface area contributed by atoms with Gasteiger partial charge in [0.1, 0.15) is 16.8 Å². The van der Waals surface area contributed by atoms with Gasteiger partial charge in [0.2, 0.25) is 0 Å². The Morgan fingerprint density at radius 1 is 0.537 bits per heavy atom. The fraction of sp³-hybridized carbons (Fsp3) is 0.0213. The third-order valence-corrected chi connectivity index (χ3v) is 9.70. The summed E-state index contributed by atoms with van der Waals surface area (Å²) in [5.74, 6) is 3.13. The highest BCUT2D eigenvalue weighted by Crippen LogP contribution is 2.51. The van der Waals surface area contributed by atoms with E-state index in [0.717, 1.165) is 74.0 Å². The number of fused-ring (bicyclic) bond motifs is 6. The number of ether oxygens (including phenoxy) is 2. The first-order valence-electron chi connectivity index (χ1n) is 17.8. The van der Waals surface area contributed by atoms with E-state index in [9.17, 15) is 0 Å². The van der Waals surface area contributed by atoms with Crippen molar-refractivity contribution in [1.82, 2.24) is 9.97 Å². The topological polar surface area (TPSA) is 63.9 Å². The number of para-hydroxylation sites is 4. The van der Waals surface area contributed by atoms with Crippen molar-refractivity contribution in [2.45, 2.75) is 0 Å². The third kappa shape index (κ3) is 5.47. The fourth-order valence-corrected chi connectivity index (χ4v) is 7.17. The molecular weight excluding hydrogens is 669 g/mol. The number of rotatable bonds is 6. The molecular formula is C47H32N4O3. The van der Waals surface area contributed by atoms with Crippen LogP contribution < -0.4 is 19.3 Å². The fourth-order valence-electron chi connectivity index (χ4n) is 7.17. The van der Waals surface area contributed by atoms with Crippen LogP contribution >= 0.6 is 0 Å². The Balaban J connectivity index is 1.02. The summed E-state index contributed by atoms with van der Waals surface area (Å²) < 4.78 is 19.2. The quantitative estimate of drug-likeness (QED) is 0.160. The molecule has 0 atom stereocenters. The van der Waals surface area contributed by atoms with Crippen molar-refractivity contribution < 1.29 is 13.9 Å². The highest BCUT2D eigenvalue weighted by molar-refractivity contribution is 6.01. The monoisotopic (exact) mass is 700 g/mol. The molecule has 0 bridgehead atoms. The second-order valence-corrected chi connectivity index (χ2v) is 13.1. The molecule has 5 aromatic carbocycles. The predicted molar refractivity (Wildman–Crippen MR) is 216 cm³/mol. The molecule has 2 aliphatic heterocycles. The van der Waals surface area contributed by atoms with Crippen LogP contribution in [0.2, 0.25) is 0 Å². The molecule has 0 spiro atoms. The summed E-state index contributed by atoms with van der Waals surface area (Å²) >= 11 is 0. The normalized spacial score (nSPS) is 14.1. The Labute approximate surface area is 312 Å². The molecule has 0 fully saturated rings. The van der Waals surface area contributed by atoms with Gasteiger partial charge in [-0.15, -0.1) is 0 Å². The summed E-state index contributed by atoms with van der Waals surface area (Å²) in [5.41, 5.74) is 11.3. The maximum Gasteiger partial charge on any atom is 0.155 e. The molecule has 258 valence electrons. The molecule has 5 heterocycles. The number of pyridine rings is 2. The van der Waals surface area contributed by atoms with Gasteiger partial charge in [-0.25, -0.2) is 9.97 Å². The molecule has 10 rings (SSSR count). The number of allylic oxidation sites excluding steroid dienone is 4. The lowest BCUT2D eigenvalue weighted by Gasteiger charge is -2.33. The summed E-state index contributed by atoms with van der Waals surface area (Å²) in [4.78, 5) is 14.7. The van der Waals surface area contributed by atoms with Gasteiger partial charge in [-0.05, 0) is 91.0 Å². The van der Waals surface area contributed by atoms with Gasteiger partial charge in [0, 0.05) is 22.5 Å². The Kier molecular flexibility index (Phi) is 7.54. The van der Waals surface area contributed by atoms with Gasteiger partial charge >= 0.3 is 0 Å². The molecule has 0 saturated heterocycles. The van der Waals surface area contributed by atoms with Crippen LogP contribution in [-0.2, 0) is 0 Å². The highest BCUT2D eigenvalue weighted by atomic mass is 16.5. The largest absolute Gasteiger partial charge is 0.458 e. The lowest BCUT2D eigenvalue weighted by Crippen LogP contribution is -2.27. The summed E-state index contributed by atoms with van der Waals surface area (Å²) in [7, 11) is 0. The van der Waals surface area contributed by atoms with Gasteiger partial charge in [0.05, 0.1) is 35.0 Å². The first-order chi connectivity index (χ1) is 26.7. The van der Waals surface area contributed by atoms with Crippen molar-refractivity contribution in [2.24, 2.45) is 0 Å². The van der Waals surface area contributed by atoms with Crippen LogP contribution in [0, 0.1) is 0 Å². The number of hydrogen-bond donors (Lipinski definition) is 0.